The zero-order chi connectivity index (χ0) is 23.0. The summed E-state index contributed by atoms with van der Waals surface area (Å²) in [7, 11) is 0. The summed E-state index contributed by atoms with van der Waals surface area (Å²) in [5, 5.41) is 9.59. The van der Waals surface area contributed by atoms with E-state index in [4.69, 9.17) is 4.74 Å². The molecule has 4 nitrogen and oxygen atoms in total. The standard InChI is InChI=1S/C27H48O4/c1-6-8-10-11-24-20(4)21(14-16-27(24,5)15-9-7-2)18-31-26(30)22-13-12-19(3)17-23(22)25(28)29/h19-24H,6-18H2,1-5H3,(H,28,29). The number of aliphatic carboxylic acids is 1. The molecule has 0 heterocycles. The maximum absolute atomic E-state index is 12.8. The van der Waals surface area contributed by atoms with Crippen molar-refractivity contribution in [1.29, 1.82) is 0 Å². The van der Waals surface area contributed by atoms with E-state index in [2.05, 4.69) is 34.6 Å². The SMILES string of the molecule is CCCCCC1C(C)C(COC(=O)C2CCC(C)CC2C(=O)O)CCC1(C)CCCC. The number of carboxylic acids is 1. The number of hydrogen-bond acceptors (Lipinski definition) is 3. The van der Waals surface area contributed by atoms with Crippen LogP contribution in [0.5, 0.6) is 0 Å². The van der Waals surface area contributed by atoms with E-state index in [1.165, 1.54) is 51.4 Å². The first-order valence-corrected chi connectivity index (χ1v) is 13.1. The Morgan fingerprint density at radius 3 is 2.35 bits per heavy atom. The van der Waals surface area contributed by atoms with Gasteiger partial charge in [-0.25, -0.2) is 0 Å². The van der Waals surface area contributed by atoms with Gasteiger partial charge in [0.15, 0.2) is 0 Å². The molecular formula is C27H48O4. The Hall–Kier alpha value is -1.06. The molecule has 4 heteroatoms. The number of carbonyl (C=O) groups is 2. The normalized spacial score (nSPS) is 36.2. The van der Waals surface area contributed by atoms with E-state index in [1.54, 1.807) is 0 Å². The fourth-order valence-corrected chi connectivity index (χ4v) is 6.51. The molecule has 0 aromatic carbocycles. The highest BCUT2D eigenvalue weighted by atomic mass is 16.5. The molecule has 0 saturated heterocycles. The molecule has 31 heavy (non-hydrogen) atoms. The van der Waals surface area contributed by atoms with Crippen molar-refractivity contribution >= 4 is 11.9 Å². The molecule has 2 aliphatic rings. The molecule has 7 atom stereocenters. The molecule has 2 fully saturated rings. The number of carboxylic acid groups (broad SMARTS) is 1. The molecule has 0 aliphatic heterocycles. The fraction of sp³-hybridized carbons (Fsp3) is 0.926. The molecule has 0 aromatic heterocycles. The van der Waals surface area contributed by atoms with Gasteiger partial charge in [0.1, 0.15) is 0 Å². The van der Waals surface area contributed by atoms with Crippen molar-refractivity contribution in [3.05, 3.63) is 0 Å². The lowest BCUT2D eigenvalue weighted by Crippen LogP contribution is -2.43. The second-order valence-electron chi connectivity index (χ2n) is 11.1. The third-order valence-corrected chi connectivity index (χ3v) is 8.75. The second kappa shape index (κ2) is 12.3. The summed E-state index contributed by atoms with van der Waals surface area (Å²) >= 11 is 0. The molecule has 7 unspecified atom stereocenters. The lowest BCUT2D eigenvalue weighted by atomic mass is 9.56. The maximum atomic E-state index is 12.8. The van der Waals surface area contributed by atoms with Crippen molar-refractivity contribution in [3.63, 3.8) is 0 Å². The summed E-state index contributed by atoms with van der Waals surface area (Å²) in [5.74, 6) is -0.172. The van der Waals surface area contributed by atoms with Gasteiger partial charge >= 0.3 is 11.9 Å². The number of rotatable bonds is 11. The third-order valence-electron chi connectivity index (χ3n) is 8.75. The van der Waals surface area contributed by atoms with Gasteiger partial charge in [0, 0.05) is 0 Å². The van der Waals surface area contributed by atoms with E-state index < -0.39 is 17.8 Å². The second-order valence-corrected chi connectivity index (χ2v) is 11.1. The summed E-state index contributed by atoms with van der Waals surface area (Å²) in [6.45, 7) is 12.0. The molecular weight excluding hydrogens is 388 g/mol. The molecule has 2 rings (SSSR count). The summed E-state index contributed by atoms with van der Waals surface area (Å²) in [6, 6.07) is 0. The molecule has 2 saturated carbocycles. The highest BCUT2D eigenvalue weighted by molar-refractivity contribution is 5.81. The van der Waals surface area contributed by atoms with E-state index in [9.17, 15) is 14.7 Å². The zero-order valence-corrected chi connectivity index (χ0v) is 20.8. The van der Waals surface area contributed by atoms with Crippen LogP contribution in [0.25, 0.3) is 0 Å². The molecule has 0 bridgehead atoms. The number of esters is 1. The number of hydrogen-bond donors (Lipinski definition) is 1. The van der Waals surface area contributed by atoms with Gasteiger partial charge in [-0.1, -0.05) is 66.7 Å². The van der Waals surface area contributed by atoms with Gasteiger partial charge in [0.25, 0.3) is 0 Å². The average molecular weight is 437 g/mol. The first kappa shape index (κ1) is 26.2. The largest absolute Gasteiger partial charge is 0.481 e. The van der Waals surface area contributed by atoms with E-state index in [0.29, 0.717) is 48.5 Å². The highest BCUT2D eigenvalue weighted by Gasteiger charge is 2.44. The van der Waals surface area contributed by atoms with Gasteiger partial charge < -0.3 is 9.84 Å². The van der Waals surface area contributed by atoms with Gasteiger partial charge in [0.2, 0.25) is 0 Å². The Morgan fingerprint density at radius 2 is 1.71 bits per heavy atom. The van der Waals surface area contributed by atoms with Crippen molar-refractivity contribution in [2.75, 3.05) is 6.61 Å². The molecule has 180 valence electrons. The molecule has 0 amide bonds. The minimum atomic E-state index is -0.845. The first-order chi connectivity index (χ1) is 14.7. The molecule has 0 spiro atoms. The topological polar surface area (TPSA) is 63.6 Å². The van der Waals surface area contributed by atoms with Crippen LogP contribution in [0.1, 0.15) is 112 Å². The van der Waals surface area contributed by atoms with Gasteiger partial charge in [-0.15, -0.1) is 0 Å². The maximum Gasteiger partial charge on any atom is 0.309 e. The van der Waals surface area contributed by atoms with Crippen molar-refractivity contribution in [1.82, 2.24) is 0 Å². The number of carbonyl (C=O) groups excluding carboxylic acids is 1. The fourth-order valence-electron chi connectivity index (χ4n) is 6.51. The highest BCUT2D eigenvalue weighted by Crippen LogP contribution is 2.52. The molecule has 1 N–H and O–H groups in total. The first-order valence-electron chi connectivity index (χ1n) is 13.1. The molecule has 0 radical (unpaired) electrons. The van der Waals surface area contributed by atoms with Crippen LogP contribution < -0.4 is 0 Å². The average Bonchev–Trinajstić information content (AvgIpc) is 2.74. The van der Waals surface area contributed by atoms with Crippen LogP contribution in [0.2, 0.25) is 0 Å². The Kier molecular flexibility index (Phi) is 10.4. The van der Waals surface area contributed by atoms with Crippen LogP contribution in [0.4, 0.5) is 0 Å². The van der Waals surface area contributed by atoms with E-state index in [-0.39, 0.29) is 5.97 Å². The van der Waals surface area contributed by atoms with Crippen LogP contribution in [-0.4, -0.2) is 23.7 Å². The minimum Gasteiger partial charge on any atom is -0.481 e. The Labute approximate surface area is 190 Å². The predicted octanol–water partition coefficient (Wildman–Crippen LogP) is 7.11. The predicted molar refractivity (Wildman–Crippen MR) is 126 cm³/mol. The van der Waals surface area contributed by atoms with Gasteiger partial charge in [-0.2, -0.15) is 0 Å². The third kappa shape index (κ3) is 6.96. The molecule has 0 aromatic rings. The summed E-state index contributed by atoms with van der Waals surface area (Å²) < 4.78 is 5.83. The van der Waals surface area contributed by atoms with Crippen molar-refractivity contribution < 1.29 is 19.4 Å². The van der Waals surface area contributed by atoms with Crippen LogP contribution in [0, 0.1) is 40.9 Å². The lowest BCUT2D eigenvalue weighted by Gasteiger charge is -2.49. The monoisotopic (exact) mass is 436 g/mol. The van der Waals surface area contributed by atoms with Crippen LogP contribution in [0.3, 0.4) is 0 Å². The van der Waals surface area contributed by atoms with Crippen molar-refractivity contribution in [3.8, 4) is 0 Å². The number of unbranched alkanes of at least 4 members (excludes halogenated alkanes) is 3. The Morgan fingerprint density at radius 1 is 1.00 bits per heavy atom. The number of ether oxygens (including phenoxy) is 1. The van der Waals surface area contributed by atoms with Gasteiger partial charge in [-0.3, -0.25) is 9.59 Å². The van der Waals surface area contributed by atoms with Crippen LogP contribution in [-0.2, 0) is 14.3 Å². The van der Waals surface area contributed by atoms with E-state index >= 15 is 0 Å². The summed E-state index contributed by atoms with van der Waals surface area (Å²) in [4.78, 5) is 24.5. The van der Waals surface area contributed by atoms with Gasteiger partial charge in [-0.05, 0) is 74.0 Å². The minimum absolute atomic E-state index is 0.270. The van der Waals surface area contributed by atoms with Crippen molar-refractivity contribution in [2.24, 2.45) is 40.9 Å². The van der Waals surface area contributed by atoms with Crippen LogP contribution in [0.15, 0.2) is 0 Å². The summed E-state index contributed by atoms with van der Waals surface area (Å²) in [6.07, 6.45) is 13.4. The van der Waals surface area contributed by atoms with Crippen LogP contribution >= 0.6 is 0 Å². The Bertz CT molecular complexity index is 574. The van der Waals surface area contributed by atoms with E-state index in [0.717, 1.165) is 12.8 Å². The zero-order valence-electron chi connectivity index (χ0n) is 20.8. The summed E-state index contributed by atoms with van der Waals surface area (Å²) in [5.41, 5.74) is 0.400. The lowest BCUT2D eigenvalue weighted by molar-refractivity contribution is -0.163. The van der Waals surface area contributed by atoms with Gasteiger partial charge in [0.05, 0.1) is 18.4 Å². The van der Waals surface area contributed by atoms with Crippen molar-refractivity contribution in [2.45, 2.75) is 112 Å². The van der Waals surface area contributed by atoms with E-state index in [1.807, 2.05) is 0 Å². The molecule has 2 aliphatic carbocycles. The quantitative estimate of drug-likeness (QED) is 0.277. The Balaban J connectivity index is 1.99. The smallest absolute Gasteiger partial charge is 0.309 e.